The molecule has 0 unspecified atom stereocenters. The van der Waals surface area contributed by atoms with Crippen LogP contribution in [-0.2, 0) is 4.79 Å². The number of nitrogens with zero attached hydrogens (tertiary/aromatic N) is 7. The van der Waals surface area contributed by atoms with Gasteiger partial charge in [0.25, 0.3) is 0 Å². The van der Waals surface area contributed by atoms with E-state index in [4.69, 9.17) is 0 Å². The van der Waals surface area contributed by atoms with Gasteiger partial charge in [0.05, 0.1) is 12.2 Å². The Hall–Kier alpha value is -3.46. The fourth-order valence-corrected chi connectivity index (χ4v) is 4.53. The molecule has 1 amide bonds. The Bertz CT molecular complexity index is 1040. The molecule has 2 aliphatic heterocycles. The van der Waals surface area contributed by atoms with Crippen molar-refractivity contribution < 1.29 is 4.79 Å². The van der Waals surface area contributed by atoms with Gasteiger partial charge in [-0.2, -0.15) is 4.68 Å². The Morgan fingerprint density at radius 3 is 2.24 bits per heavy atom. The Kier molecular flexibility index (Phi) is 6.48. The van der Waals surface area contributed by atoms with Crippen molar-refractivity contribution in [2.75, 3.05) is 60.9 Å². The molecule has 33 heavy (non-hydrogen) atoms. The predicted molar refractivity (Wildman–Crippen MR) is 129 cm³/mol. The Morgan fingerprint density at radius 2 is 1.52 bits per heavy atom. The van der Waals surface area contributed by atoms with E-state index < -0.39 is 0 Å². The maximum absolute atomic E-state index is 12.6. The summed E-state index contributed by atoms with van der Waals surface area (Å²) in [4.78, 5) is 19.4. The van der Waals surface area contributed by atoms with E-state index in [1.807, 2.05) is 42.5 Å². The molecule has 2 saturated heterocycles. The molecular weight excluding hydrogens is 416 g/mol. The number of carbonyl (C=O) groups excluding carboxylic acids is 1. The summed E-state index contributed by atoms with van der Waals surface area (Å²) in [6, 6.07) is 18.1. The molecule has 2 aliphatic rings. The molecule has 0 bridgehead atoms. The van der Waals surface area contributed by atoms with Crippen LogP contribution in [0.3, 0.4) is 0 Å². The third-order valence-electron chi connectivity index (χ3n) is 6.35. The number of hydrogen-bond donors (Lipinski definition) is 1. The predicted octanol–water partition coefficient (Wildman–Crippen LogP) is 2.41. The van der Waals surface area contributed by atoms with E-state index in [2.05, 4.69) is 47.7 Å². The lowest BCUT2D eigenvalue weighted by atomic mass is 10.1. The van der Waals surface area contributed by atoms with Crippen molar-refractivity contribution >= 4 is 23.2 Å². The average molecular weight is 447 g/mol. The van der Waals surface area contributed by atoms with Gasteiger partial charge in [-0.15, -0.1) is 0 Å². The number of para-hydroxylation sites is 1. The molecule has 172 valence electrons. The number of piperazine rings is 1. The van der Waals surface area contributed by atoms with Crippen LogP contribution in [0.5, 0.6) is 0 Å². The second-order valence-electron chi connectivity index (χ2n) is 8.63. The van der Waals surface area contributed by atoms with Gasteiger partial charge in [-0.25, -0.2) is 0 Å². The summed E-state index contributed by atoms with van der Waals surface area (Å²) in [5, 5.41) is 15.3. The minimum Gasteiger partial charge on any atom is -0.372 e. The van der Waals surface area contributed by atoms with E-state index in [1.54, 1.807) is 4.68 Å². The van der Waals surface area contributed by atoms with E-state index in [9.17, 15) is 4.79 Å². The molecule has 9 nitrogen and oxygen atoms in total. The maximum atomic E-state index is 12.6. The molecule has 5 rings (SSSR count). The van der Waals surface area contributed by atoms with Crippen LogP contribution < -0.4 is 15.1 Å². The zero-order valence-electron chi connectivity index (χ0n) is 18.8. The second kappa shape index (κ2) is 9.99. The number of nitrogens with one attached hydrogen (secondary N) is 1. The number of anilines is 3. The zero-order chi connectivity index (χ0) is 22.5. The van der Waals surface area contributed by atoms with E-state index in [-0.39, 0.29) is 5.91 Å². The maximum Gasteiger partial charge on any atom is 0.250 e. The fourth-order valence-electron chi connectivity index (χ4n) is 4.53. The summed E-state index contributed by atoms with van der Waals surface area (Å²) in [6.45, 7) is 5.72. The summed E-state index contributed by atoms with van der Waals surface area (Å²) in [6.07, 6.45) is 3.84. The van der Waals surface area contributed by atoms with Gasteiger partial charge in [0, 0.05) is 50.6 Å². The molecule has 9 heteroatoms. The van der Waals surface area contributed by atoms with Crippen LogP contribution in [0.15, 0.2) is 54.6 Å². The molecule has 1 aromatic heterocycles. The van der Waals surface area contributed by atoms with Crippen molar-refractivity contribution in [2.24, 2.45) is 0 Å². The van der Waals surface area contributed by atoms with Gasteiger partial charge in [-0.3, -0.25) is 9.69 Å². The highest BCUT2D eigenvalue weighted by atomic mass is 16.2. The highest BCUT2D eigenvalue weighted by Crippen LogP contribution is 2.22. The molecule has 0 atom stereocenters. The van der Waals surface area contributed by atoms with Gasteiger partial charge in [0.1, 0.15) is 0 Å². The van der Waals surface area contributed by atoms with Crippen LogP contribution in [0.4, 0.5) is 17.3 Å². The normalized spacial score (nSPS) is 17.2. The van der Waals surface area contributed by atoms with Crippen molar-refractivity contribution in [1.82, 2.24) is 25.1 Å². The van der Waals surface area contributed by atoms with Crippen LogP contribution in [0.25, 0.3) is 5.69 Å². The summed E-state index contributed by atoms with van der Waals surface area (Å²) in [7, 11) is 0. The first kappa shape index (κ1) is 21.4. The summed E-state index contributed by atoms with van der Waals surface area (Å²) in [5.41, 5.74) is 3.02. The zero-order valence-corrected chi connectivity index (χ0v) is 18.8. The molecule has 2 aromatic carbocycles. The van der Waals surface area contributed by atoms with Gasteiger partial charge < -0.3 is 15.1 Å². The van der Waals surface area contributed by atoms with Crippen LogP contribution in [-0.4, -0.2) is 76.8 Å². The summed E-state index contributed by atoms with van der Waals surface area (Å²) < 4.78 is 1.76. The lowest BCUT2D eigenvalue weighted by Gasteiger charge is -2.34. The Balaban J connectivity index is 1.11. The van der Waals surface area contributed by atoms with E-state index in [1.165, 1.54) is 24.9 Å². The van der Waals surface area contributed by atoms with E-state index in [0.29, 0.717) is 6.54 Å². The largest absolute Gasteiger partial charge is 0.372 e. The van der Waals surface area contributed by atoms with E-state index >= 15 is 0 Å². The van der Waals surface area contributed by atoms with Gasteiger partial charge in [0.2, 0.25) is 11.9 Å². The van der Waals surface area contributed by atoms with Gasteiger partial charge in [0.15, 0.2) is 0 Å². The highest BCUT2D eigenvalue weighted by molar-refractivity contribution is 5.92. The first-order chi connectivity index (χ1) is 16.3. The van der Waals surface area contributed by atoms with E-state index in [0.717, 1.165) is 56.6 Å². The number of tetrazole rings is 1. The number of aromatic nitrogens is 4. The lowest BCUT2D eigenvalue weighted by Crippen LogP contribution is -2.49. The number of hydrogen-bond acceptors (Lipinski definition) is 7. The second-order valence-corrected chi connectivity index (χ2v) is 8.63. The summed E-state index contributed by atoms with van der Waals surface area (Å²) >= 11 is 0. The molecular formula is C24H30N8O. The van der Waals surface area contributed by atoms with Crippen LogP contribution >= 0.6 is 0 Å². The quantitative estimate of drug-likeness (QED) is 0.623. The fraction of sp³-hybridized carbons (Fsp3) is 0.417. The minimum atomic E-state index is 0.0169. The van der Waals surface area contributed by atoms with Crippen LogP contribution in [0.2, 0.25) is 0 Å². The van der Waals surface area contributed by atoms with Crippen molar-refractivity contribution in [3.05, 3.63) is 54.6 Å². The molecule has 0 saturated carbocycles. The van der Waals surface area contributed by atoms with Gasteiger partial charge >= 0.3 is 0 Å². The number of piperidine rings is 1. The monoisotopic (exact) mass is 446 g/mol. The molecule has 3 heterocycles. The standard InChI is InChI=1S/C24H30N8O/c33-23(25-20-9-11-21(12-10-20)30-13-5-2-6-14-30)19-29-15-17-31(18-16-29)24-26-27-28-32(24)22-7-3-1-4-8-22/h1,3-4,7-12H,2,5-6,13-19H2,(H,25,33). The topological polar surface area (TPSA) is 82.4 Å². The minimum absolute atomic E-state index is 0.0169. The summed E-state index contributed by atoms with van der Waals surface area (Å²) in [5.74, 6) is 0.752. The molecule has 3 aromatic rings. The molecule has 0 radical (unpaired) electrons. The van der Waals surface area contributed by atoms with Crippen molar-refractivity contribution in [2.45, 2.75) is 19.3 Å². The first-order valence-corrected chi connectivity index (χ1v) is 11.7. The van der Waals surface area contributed by atoms with Crippen molar-refractivity contribution in [3.63, 3.8) is 0 Å². The molecule has 2 fully saturated rings. The average Bonchev–Trinajstić information content (AvgIpc) is 3.36. The lowest BCUT2D eigenvalue weighted by molar-refractivity contribution is -0.117. The number of amides is 1. The molecule has 0 spiro atoms. The Labute approximate surface area is 194 Å². The molecule has 1 N–H and O–H groups in total. The number of benzene rings is 2. The first-order valence-electron chi connectivity index (χ1n) is 11.7. The van der Waals surface area contributed by atoms with Crippen LogP contribution in [0.1, 0.15) is 19.3 Å². The highest BCUT2D eigenvalue weighted by Gasteiger charge is 2.23. The van der Waals surface area contributed by atoms with Crippen molar-refractivity contribution in [3.8, 4) is 5.69 Å². The smallest absolute Gasteiger partial charge is 0.250 e. The SMILES string of the molecule is O=C(CN1CCN(c2nnnn2-c2ccccc2)CC1)Nc1ccc(N2CCCCC2)cc1. The van der Waals surface area contributed by atoms with Gasteiger partial charge in [-0.1, -0.05) is 23.3 Å². The van der Waals surface area contributed by atoms with Gasteiger partial charge in [-0.05, 0) is 66.1 Å². The number of carbonyl (C=O) groups is 1. The molecule has 0 aliphatic carbocycles. The third-order valence-corrected chi connectivity index (χ3v) is 6.35. The number of rotatable bonds is 6. The third kappa shape index (κ3) is 5.14. The Morgan fingerprint density at radius 1 is 0.788 bits per heavy atom. The van der Waals surface area contributed by atoms with Crippen molar-refractivity contribution in [1.29, 1.82) is 0 Å². The van der Waals surface area contributed by atoms with Crippen LogP contribution in [0, 0.1) is 0 Å².